The molecule has 8 nitrogen and oxygen atoms in total. The van der Waals surface area contributed by atoms with E-state index in [0.717, 1.165) is 0 Å². The fraction of sp³-hybridized carbons (Fsp3) is 0.263. The van der Waals surface area contributed by atoms with E-state index in [1.54, 1.807) is 50.4 Å². The van der Waals surface area contributed by atoms with Gasteiger partial charge in [-0.3, -0.25) is 19.7 Å². The van der Waals surface area contributed by atoms with Gasteiger partial charge in [0.25, 0.3) is 11.6 Å². The summed E-state index contributed by atoms with van der Waals surface area (Å²) >= 11 is 0. The number of hydrogen-bond acceptors (Lipinski definition) is 5. The maximum Gasteiger partial charge on any atom is 0.269 e. The van der Waals surface area contributed by atoms with Crippen LogP contribution in [0.4, 0.5) is 5.69 Å². The van der Waals surface area contributed by atoms with Gasteiger partial charge < -0.3 is 15.0 Å². The summed E-state index contributed by atoms with van der Waals surface area (Å²) in [4.78, 5) is 35.9. The van der Waals surface area contributed by atoms with Crippen LogP contribution >= 0.6 is 0 Å². The zero-order valence-electron chi connectivity index (χ0n) is 15.1. The number of hydrogen-bond donors (Lipinski definition) is 1. The SMILES string of the molecule is C[C@@H](c1cccc([N+](=O)[O-])c1)N(C)C(=O)CNC(=O)COc1ccccc1. The Morgan fingerprint density at radius 3 is 2.56 bits per heavy atom. The second kappa shape index (κ2) is 9.33. The van der Waals surface area contributed by atoms with Gasteiger partial charge in [-0.05, 0) is 24.6 Å². The number of nitrogens with zero attached hydrogens (tertiary/aromatic N) is 2. The highest BCUT2D eigenvalue weighted by molar-refractivity contribution is 5.85. The second-order valence-corrected chi connectivity index (χ2v) is 5.91. The van der Waals surface area contributed by atoms with E-state index < -0.39 is 10.8 Å². The van der Waals surface area contributed by atoms with Crippen LogP contribution in [0.3, 0.4) is 0 Å². The molecule has 0 saturated carbocycles. The van der Waals surface area contributed by atoms with E-state index in [4.69, 9.17) is 4.74 Å². The third-order valence-corrected chi connectivity index (χ3v) is 4.09. The smallest absolute Gasteiger partial charge is 0.269 e. The molecule has 8 heteroatoms. The molecule has 0 spiro atoms. The first-order chi connectivity index (χ1) is 12.9. The fourth-order valence-electron chi connectivity index (χ4n) is 2.35. The van der Waals surface area contributed by atoms with Crippen molar-refractivity contribution in [1.82, 2.24) is 10.2 Å². The van der Waals surface area contributed by atoms with E-state index in [0.29, 0.717) is 11.3 Å². The maximum absolute atomic E-state index is 12.3. The van der Waals surface area contributed by atoms with Crippen molar-refractivity contribution in [2.24, 2.45) is 0 Å². The Morgan fingerprint density at radius 2 is 1.89 bits per heavy atom. The van der Waals surface area contributed by atoms with Gasteiger partial charge in [-0.1, -0.05) is 30.3 Å². The number of rotatable bonds is 8. The Morgan fingerprint density at radius 1 is 1.19 bits per heavy atom. The van der Waals surface area contributed by atoms with Gasteiger partial charge in [0.2, 0.25) is 5.91 Å². The van der Waals surface area contributed by atoms with Crippen molar-refractivity contribution in [2.45, 2.75) is 13.0 Å². The largest absolute Gasteiger partial charge is 0.484 e. The van der Waals surface area contributed by atoms with Crippen LogP contribution < -0.4 is 10.1 Å². The summed E-state index contributed by atoms with van der Waals surface area (Å²) in [6.45, 7) is 1.38. The molecule has 0 aliphatic rings. The average molecular weight is 371 g/mol. The number of likely N-dealkylation sites (N-methyl/N-ethyl adjacent to an activating group) is 1. The Bertz CT molecular complexity index is 810. The first-order valence-electron chi connectivity index (χ1n) is 8.33. The molecule has 0 aliphatic carbocycles. The first-order valence-corrected chi connectivity index (χ1v) is 8.33. The van der Waals surface area contributed by atoms with Crippen molar-refractivity contribution < 1.29 is 19.2 Å². The van der Waals surface area contributed by atoms with Gasteiger partial charge in [0.05, 0.1) is 17.5 Å². The van der Waals surface area contributed by atoms with Gasteiger partial charge in [-0.25, -0.2) is 0 Å². The standard InChI is InChI=1S/C19H21N3O5/c1-14(15-7-6-8-16(11-15)22(25)26)21(2)19(24)12-20-18(23)13-27-17-9-4-3-5-10-17/h3-11,14H,12-13H2,1-2H3,(H,20,23)/t14-/m0/s1. The van der Waals surface area contributed by atoms with Crippen LogP contribution in [0, 0.1) is 10.1 Å². The van der Waals surface area contributed by atoms with Crippen LogP contribution in [-0.4, -0.2) is 41.8 Å². The number of carbonyl (C=O) groups is 2. The third-order valence-electron chi connectivity index (χ3n) is 4.09. The van der Waals surface area contributed by atoms with Crippen LogP contribution in [0.1, 0.15) is 18.5 Å². The first kappa shape index (κ1) is 19.9. The highest BCUT2D eigenvalue weighted by Crippen LogP contribution is 2.22. The predicted molar refractivity (Wildman–Crippen MR) is 99.2 cm³/mol. The molecule has 2 amide bonds. The Hall–Kier alpha value is -3.42. The maximum atomic E-state index is 12.3. The van der Waals surface area contributed by atoms with E-state index in [1.165, 1.54) is 17.0 Å². The number of ether oxygens (including phenoxy) is 1. The van der Waals surface area contributed by atoms with Crippen LogP contribution in [0.2, 0.25) is 0 Å². The topological polar surface area (TPSA) is 102 Å². The molecule has 1 atom stereocenters. The normalized spacial score (nSPS) is 11.3. The van der Waals surface area contributed by atoms with Gasteiger partial charge in [0, 0.05) is 19.2 Å². The minimum Gasteiger partial charge on any atom is -0.484 e. The second-order valence-electron chi connectivity index (χ2n) is 5.91. The predicted octanol–water partition coefficient (Wildman–Crippen LogP) is 2.31. The van der Waals surface area contributed by atoms with Crippen LogP contribution in [0.5, 0.6) is 5.75 Å². The lowest BCUT2D eigenvalue weighted by molar-refractivity contribution is -0.384. The summed E-state index contributed by atoms with van der Waals surface area (Å²) < 4.78 is 5.31. The van der Waals surface area contributed by atoms with E-state index in [-0.39, 0.29) is 30.8 Å². The van der Waals surface area contributed by atoms with Crippen LogP contribution in [0.15, 0.2) is 54.6 Å². The molecule has 142 valence electrons. The Labute approximate surface area is 156 Å². The molecule has 0 unspecified atom stereocenters. The number of amides is 2. The van der Waals surface area contributed by atoms with Gasteiger partial charge in [0.1, 0.15) is 5.75 Å². The molecule has 0 aromatic heterocycles. The lowest BCUT2D eigenvalue weighted by atomic mass is 10.1. The molecule has 0 heterocycles. The molecule has 0 fully saturated rings. The number of benzene rings is 2. The summed E-state index contributed by atoms with van der Waals surface area (Å²) in [5.74, 6) is -0.166. The van der Waals surface area contributed by atoms with E-state index >= 15 is 0 Å². The Kier molecular flexibility index (Phi) is 6.87. The molecule has 2 rings (SSSR count). The minimum absolute atomic E-state index is 0.0356. The number of carbonyl (C=O) groups excluding carboxylic acids is 2. The molecule has 27 heavy (non-hydrogen) atoms. The van der Waals surface area contributed by atoms with Gasteiger partial charge >= 0.3 is 0 Å². The highest BCUT2D eigenvalue weighted by Gasteiger charge is 2.19. The summed E-state index contributed by atoms with van der Waals surface area (Å²) in [5.41, 5.74) is 0.602. The van der Waals surface area contributed by atoms with E-state index in [9.17, 15) is 19.7 Å². The molecular formula is C19H21N3O5. The molecule has 0 bridgehead atoms. The average Bonchev–Trinajstić information content (AvgIpc) is 2.70. The number of para-hydroxylation sites is 1. The lowest BCUT2D eigenvalue weighted by Gasteiger charge is -2.25. The highest BCUT2D eigenvalue weighted by atomic mass is 16.6. The van der Waals surface area contributed by atoms with Crippen molar-refractivity contribution in [2.75, 3.05) is 20.2 Å². The fourth-order valence-corrected chi connectivity index (χ4v) is 2.35. The quantitative estimate of drug-likeness (QED) is 0.567. The van der Waals surface area contributed by atoms with Crippen molar-refractivity contribution >= 4 is 17.5 Å². The van der Waals surface area contributed by atoms with Crippen molar-refractivity contribution in [3.63, 3.8) is 0 Å². The third kappa shape index (κ3) is 5.81. The lowest BCUT2D eigenvalue weighted by Crippen LogP contribution is -2.40. The summed E-state index contributed by atoms with van der Waals surface area (Å²) in [6, 6.07) is 14.6. The molecule has 0 radical (unpaired) electrons. The van der Waals surface area contributed by atoms with Crippen molar-refractivity contribution in [3.05, 3.63) is 70.3 Å². The zero-order valence-corrected chi connectivity index (χ0v) is 15.1. The number of nitro benzene ring substituents is 1. The summed E-state index contributed by atoms with van der Waals surface area (Å²) in [7, 11) is 1.58. The summed E-state index contributed by atoms with van der Waals surface area (Å²) in [6.07, 6.45) is 0. The number of non-ortho nitro benzene ring substituents is 1. The van der Waals surface area contributed by atoms with Crippen molar-refractivity contribution in [3.8, 4) is 5.75 Å². The molecular weight excluding hydrogens is 350 g/mol. The van der Waals surface area contributed by atoms with Gasteiger partial charge in [-0.15, -0.1) is 0 Å². The van der Waals surface area contributed by atoms with Crippen LogP contribution in [-0.2, 0) is 9.59 Å². The molecule has 1 N–H and O–H groups in total. The number of nitro groups is 1. The van der Waals surface area contributed by atoms with Gasteiger partial charge in [0.15, 0.2) is 6.61 Å². The summed E-state index contributed by atoms with van der Waals surface area (Å²) in [5, 5.41) is 13.4. The molecule has 2 aromatic rings. The van der Waals surface area contributed by atoms with E-state index in [1.807, 2.05) is 6.07 Å². The van der Waals surface area contributed by atoms with Crippen molar-refractivity contribution in [1.29, 1.82) is 0 Å². The minimum atomic E-state index is -0.481. The van der Waals surface area contributed by atoms with Gasteiger partial charge in [-0.2, -0.15) is 0 Å². The molecule has 0 aliphatic heterocycles. The molecule has 0 saturated heterocycles. The molecule has 2 aromatic carbocycles. The zero-order chi connectivity index (χ0) is 19.8. The van der Waals surface area contributed by atoms with Crippen LogP contribution in [0.25, 0.3) is 0 Å². The van der Waals surface area contributed by atoms with E-state index in [2.05, 4.69) is 5.32 Å². The Balaban J connectivity index is 1.84. The number of nitrogens with one attached hydrogen (secondary N) is 1. The monoisotopic (exact) mass is 371 g/mol.